The third-order valence-electron chi connectivity index (χ3n) is 2.56. The van der Waals surface area contributed by atoms with Gasteiger partial charge in [0.15, 0.2) is 5.84 Å². The third-order valence-corrected chi connectivity index (χ3v) is 2.56. The Morgan fingerprint density at radius 3 is 2.47 bits per heavy atom. The number of anilines is 1. The fourth-order valence-corrected chi connectivity index (χ4v) is 1.54. The monoisotopic (exact) mass is 268 g/mol. The van der Waals surface area contributed by atoms with Crippen molar-refractivity contribution in [2.24, 2.45) is 10.9 Å². The molecule has 0 saturated carbocycles. The summed E-state index contributed by atoms with van der Waals surface area (Å²) in [5, 5.41) is 11.6. The van der Waals surface area contributed by atoms with Crippen LogP contribution in [0.1, 0.15) is 5.69 Å². The number of aromatic nitrogens is 1. The van der Waals surface area contributed by atoms with Gasteiger partial charge in [-0.25, -0.2) is 4.98 Å². The summed E-state index contributed by atoms with van der Waals surface area (Å²) >= 11 is 0. The van der Waals surface area contributed by atoms with E-state index in [0.717, 1.165) is 5.82 Å². The summed E-state index contributed by atoms with van der Waals surface area (Å²) in [5.74, 6) is 0.721. The number of amidine groups is 1. The Balaban J connectivity index is 2.87. The van der Waals surface area contributed by atoms with E-state index in [0.29, 0.717) is 32.0 Å². The Kier molecular flexibility index (Phi) is 6.62. The number of nitrogens with two attached hydrogens (primary N) is 1. The van der Waals surface area contributed by atoms with Crippen molar-refractivity contribution in [3.63, 3.8) is 0 Å². The molecule has 0 aliphatic carbocycles. The van der Waals surface area contributed by atoms with E-state index in [1.165, 1.54) is 0 Å². The molecule has 0 bridgehead atoms. The number of methoxy groups -OCH3 is 2. The molecule has 0 unspecified atom stereocenters. The summed E-state index contributed by atoms with van der Waals surface area (Å²) < 4.78 is 10.1. The van der Waals surface area contributed by atoms with Gasteiger partial charge < -0.3 is 25.3 Å². The SMILES string of the molecule is COCCN(CCOC)c1cccc(C(N)=NO)n1. The maximum atomic E-state index is 8.67. The van der Waals surface area contributed by atoms with Crippen molar-refractivity contribution in [2.45, 2.75) is 0 Å². The molecule has 0 aliphatic heterocycles. The maximum absolute atomic E-state index is 8.67. The van der Waals surface area contributed by atoms with E-state index in [9.17, 15) is 0 Å². The van der Waals surface area contributed by atoms with E-state index < -0.39 is 0 Å². The molecular formula is C12H20N4O3. The second kappa shape index (κ2) is 8.28. The van der Waals surface area contributed by atoms with Gasteiger partial charge in [0.25, 0.3) is 0 Å². The summed E-state index contributed by atoms with van der Waals surface area (Å²) in [6.07, 6.45) is 0. The zero-order chi connectivity index (χ0) is 14.1. The normalized spacial score (nSPS) is 11.6. The van der Waals surface area contributed by atoms with Crippen LogP contribution in [0, 0.1) is 0 Å². The first-order valence-electron chi connectivity index (χ1n) is 5.90. The Labute approximate surface area is 112 Å². The van der Waals surface area contributed by atoms with Crippen LogP contribution < -0.4 is 10.6 Å². The zero-order valence-electron chi connectivity index (χ0n) is 11.2. The van der Waals surface area contributed by atoms with Gasteiger partial charge in [-0.15, -0.1) is 0 Å². The molecule has 0 saturated heterocycles. The minimum atomic E-state index is -0.0136. The molecule has 0 amide bonds. The molecule has 7 nitrogen and oxygen atoms in total. The molecule has 1 aromatic heterocycles. The fourth-order valence-electron chi connectivity index (χ4n) is 1.54. The van der Waals surface area contributed by atoms with Gasteiger partial charge in [-0.05, 0) is 12.1 Å². The Morgan fingerprint density at radius 2 is 1.95 bits per heavy atom. The average molecular weight is 268 g/mol. The second-order valence-corrected chi connectivity index (χ2v) is 3.84. The molecule has 0 aliphatic rings. The minimum Gasteiger partial charge on any atom is -0.409 e. The lowest BCUT2D eigenvalue weighted by molar-refractivity contribution is 0.190. The summed E-state index contributed by atoms with van der Waals surface area (Å²) in [6, 6.07) is 5.35. The van der Waals surface area contributed by atoms with Crippen LogP contribution in [-0.2, 0) is 9.47 Å². The molecule has 19 heavy (non-hydrogen) atoms. The number of oxime groups is 1. The molecular weight excluding hydrogens is 248 g/mol. The first-order chi connectivity index (χ1) is 9.22. The fraction of sp³-hybridized carbons (Fsp3) is 0.500. The van der Waals surface area contributed by atoms with Crippen molar-refractivity contribution in [1.29, 1.82) is 0 Å². The van der Waals surface area contributed by atoms with E-state index in [2.05, 4.69) is 10.1 Å². The molecule has 1 aromatic rings. The predicted molar refractivity (Wildman–Crippen MR) is 72.7 cm³/mol. The molecule has 0 fully saturated rings. The van der Waals surface area contributed by atoms with E-state index >= 15 is 0 Å². The smallest absolute Gasteiger partial charge is 0.188 e. The van der Waals surface area contributed by atoms with Crippen LogP contribution in [-0.4, -0.2) is 56.5 Å². The van der Waals surface area contributed by atoms with Crippen molar-refractivity contribution in [3.05, 3.63) is 23.9 Å². The largest absolute Gasteiger partial charge is 0.409 e. The van der Waals surface area contributed by atoms with Gasteiger partial charge in [0.1, 0.15) is 11.5 Å². The second-order valence-electron chi connectivity index (χ2n) is 3.84. The molecule has 1 rings (SSSR count). The highest BCUT2D eigenvalue weighted by atomic mass is 16.5. The lowest BCUT2D eigenvalue weighted by atomic mass is 10.3. The van der Waals surface area contributed by atoms with E-state index in [4.69, 9.17) is 20.4 Å². The van der Waals surface area contributed by atoms with Crippen molar-refractivity contribution in [2.75, 3.05) is 45.4 Å². The molecule has 0 aromatic carbocycles. The summed E-state index contributed by atoms with van der Waals surface area (Å²) in [5.41, 5.74) is 5.96. The van der Waals surface area contributed by atoms with Gasteiger partial charge in [-0.1, -0.05) is 11.2 Å². The number of rotatable bonds is 8. The van der Waals surface area contributed by atoms with Gasteiger partial charge in [-0.3, -0.25) is 0 Å². The van der Waals surface area contributed by atoms with Crippen LogP contribution in [0.25, 0.3) is 0 Å². The minimum absolute atomic E-state index is 0.0136. The van der Waals surface area contributed by atoms with Crippen molar-refractivity contribution >= 4 is 11.7 Å². The highest BCUT2D eigenvalue weighted by Crippen LogP contribution is 2.11. The zero-order valence-corrected chi connectivity index (χ0v) is 11.2. The van der Waals surface area contributed by atoms with Crippen LogP contribution in [0.3, 0.4) is 0 Å². The quantitative estimate of drug-likeness (QED) is 0.304. The molecule has 0 spiro atoms. The van der Waals surface area contributed by atoms with Gasteiger partial charge in [0.05, 0.1) is 13.2 Å². The third kappa shape index (κ3) is 4.72. The topological polar surface area (TPSA) is 93.2 Å². The van der Waals surface area contributed by atoms with E-state index in [1.807, 2.05) is 17.0 Å². The highest BCUT2D eigenvalue weighted by Gasteiger charge is 2.09. The standard InChI is InChI=1S/C12H20N4O3/c1-18-8-6-16(7-9-19-2)11-5-3-4-10(14-11)12(13)15-17/h3-5,17H,6-9H2,1-2H3,(H2,13,15). The van der Waals surface area contributed by atoms with Crippen LogP contribution in [0.4, 0.5) is 5.82 Å². The van der Waals surface area contributed by atoms with Crippen LogP contribution in [0.5, 0.6) is 0 Å². The van der Waals surface area contributed by atoms with Gasteiger partial charge >= 0.3 is 0 Å². The van der Waals surface area contributed by atoms with Gasteiger partial charge in [0.2, 0.25) is 0 Å². The Hall–Kier alpha value is -1.86. The average Bonchev–Trinajstić information content (AvgIpc) is 2.46. The molecule has 0 radical (unpaired) electrons. The van der Waals surface area contributed by atoms with Crippen LogP contribution in [0.2, 0.25) is 0 Å². The Bertz CT molecular complexity index is 404. The molecule has 1 heterocycles. The Morgan fingerprint density at radius 1 is 1.32 bits per heavy atom. The van der Waals surface area contributed by atoms with Crippen LogP contribution in [0.15, 0.2) is 23.4 Å². The molecule has 106 valence electrons. The lowest BCUT2D eigenvalue weighted by Gasteiger charge is -2.23. The van der Waals surface area contributed by atoms with Gasteiger partial charge in [-0.2, -0.15) is 0 Å². The van der Waals surface area contributed by atoms with Crippen molar-refractivity contribution in [1.82, 2.24) is 4.98 Å². The van der Waals surface area contributed by atoms with Gasteiger partial charge in [0, 0.05) is 27.3 Å². The van der Waals surface area contributed by atoms with Crippen molar-refractivity contribution < 1.29 is 14.7 Å². The summed E-state index contributed by atoms with van der Waals surface area (Å²) in [7, 11) is 3.30. The number of hydrogen-bond acceptors (Lipinski definition) is 6. The number of pyridine rings is 1. The summed E-state index contributed by atoms with van der Waals surface area (Å²) in [4.78, 5) is 6.36. The first-order valence-corrected chi connectivity index (χ1v) is 5.90. The number of ether oxygens (including phenoxy) is 2. The predicted octanol–water partition coefficient (Wildman–Crippen LogP) is 0.275. The lowest BCUT2D eigenvalue weighted by Crippen LogP contribution is -2.32. The molecule has 7 heteroatoms. The number of nitrogens with zero attached hydrogens (tertiary/aromatic N) is 3. The molecule has 0 atom stereocenters. The van der Waals surface area contributed by atoms with Crippen molar-refractivity contribution in [3.8, 4) is 0 Å². The van der Waals surface area contributed by atoms with Crippen LogP contribution >= 0.6 is 0 Å². The first kappa shape index (κ1) is 15.2. The number of hydrogen-bond donors (Lipinski definition) is 2. The van der Waals surface area contributed by atoms with E-state index in [1.54, 1.807) is 20.3 Å². The molecule has 3 N–H and O–H groups in total. The summed E-state index contributed by atoms with van der Waals surface area (Å²) in [6.45, 7) is 2.54. The highest BCUT2D eigenvalue weighted by molar-refractivity contribution is 5.95. The maximum Gasteiger partial charge on any atom is 0.188 e. The van der Waals surface area contributed by atoms with E-state index in [-0.39, 0.29) is 5.84 Å².